The summed E-state index contributed by atoms with van der Waals surface area (Å²) in [5.74, 6) is 0.134. The van der Waals surface area contributed by atoms with Crippen molar-refractivity contribution in [1.29, 1.82) is 0 Å². The van der Waals surface area contributed by atoms with Gasteiger partial charge >= 0.3 is 23.8 Å². The predicted octanol–water partition coefficient (Wildman–Crippen LogP) is 4.52. The molecule has 2 fully saturated rings. The number of anilines is 2. The zero-order valence-corrected chi connectivity index (χ0v) is 17.9. The Labute approximate surface area is 186 Å². The molecular formula is C23H29FN4O4. The molecule has 2 aliphatic rings. The van der Waals surface area contributed by atoms with Crippen LogP contribution < -0.4 is 10.6 Å². The molecule has 1 aromatic heterocycles. The highest BCUT2D eigenvalue weighted by Crippen LogP contribution is 2.40. The molecule has 1 heterocycles. The van der Waals surface area contributed by atoms with Gasteiger partial charge in [0, 0.05) is 18.2 Å². The molecule has 9 heteroatoms. The minimum Gasteiger partial charge on any atom is -0.481 e. The first-order chi connectivity index (χ1) is 15.5. The molecule has 1 amide bonds. The number of carbonyl (C=O) groups is 2. The van der Waals surface area contributed by atoms with Crippen LogP contribution in [-0.2, 0) is 4.79 Å². The summed E-state index contributed by atoms with van der Waals surface area (Å²) in [5.41, 5.74) is 0.581. The summed E-state index contributed by atoms with van der Waals surface area (Å²) in [7, 11) is 0. The normalized spacial score (nSPS) is 25.8. The van der Waals surface area contributed by atoms with Gasteiger partial charge in [-0.25, -0.2) is 4.39 Å². The number of benzene rings is 1. The lowest BCUT2D eigenvalue weighted by Gasteiger charge is -2.37. The van der Waals surface area contributed by atoms with Gasteiger partial charge in [0.25, 0.3) is 0 Å². The molecule has 0 radical (unpaired) electrons. The van der Waals surface area contributed by atoms with E-state index in [1.165, 1.54) is 24.3 Å². The number of rotatable bonds is 7. The van der Waals surface area contributed by atoms with E-state index in [0.717, 1.165) is 51.4 Å². The summed E-state index contributed by atoms with van der Waals surface area (Å²) in [5, 5.41) is 22.4. The molecule has 8 nitrogen and oxygen atoms in total. The lowest BCUT2D eigenvalue weighted by molar-refractivity contribution is -0.138. The molecule has 0 saturated heterocycles. The van der Waals surface area contributed by atoms with Gasteiger partial charge in [-0.3, -0.25) is 9.59 Å². The highest BCUT2D eigenvalue weighted by atomic mass is 19.1. The number of carboxylic acids is 1. The topological polar surface area (TPSA) is 117 Å². The molecule has 172 valence electrons. The fraction of sp³-hybridized carbons (Fsp3) is 0.565. The number of hydrogen-bond donors (Lipinski definition) is 3. The van der Waals surface area contributed by atoms with Crippen LogP contribution in [0.4, 0.5) is 16.1 Å². The van der Waals surface area contributed by atoms with E-state index in [-0.39, 0.29) is 29.7 Å². The molecule has 0 aliphatic heterocycles. The Morgan fingerprint density at radius 1 is 0.969 bits per heavy atom. The molecule has 0 bridgehead atoms. The highest BCUT2D eigenvalue weighted by molar-refractivity contribution is 5.89. The van der Waals surface area contributed by atoms with Crippen molar-refractivity contribution in [3.63, 3.8) is 0 Å². The van der Waals surface area contributed by atoms with Crippen LogP contribution in [0.5, 0.6) is 0 Å². The fourth-order valence-corrected chi connectivity index (χ4v) is 5.11. The molecular weight excluding hydrogens is 415 g/mol. The summed E-state index contributed by atoms with van der Waals surface area (Å²) in [6.45, 7) is 0. The van der Waals surface area contributed by atoms with E-state index in [1.807, 2.05) is 0 Å². The third kappa shape index (κ3) is 5.83. The molecule has 1 aromatic carbocycles. The predicted molar refractivity (Wildman–Crippen MR) is 115 cm³/mol. The second-order valence-electron chi connectivity index (χ2n) is 9.01. The molecule has 0 unspecified atom stereocenters. The Kier molecular flexibility index (Phi) is 7.02. The maximum atomic E-state index is 13.0. The smallest absolute Gasteiger partial charge is 0.320 e. The fourth-order valence-electron chi connectivity index (χ4n) is 5.11. The molecule has 2 aromatic rings. The van der Waals surface area contributed by atoms with Crippen molar-refractivity contribution in [2.45, 2.75) is 63.8 Å². The van der Waals surface area contributed by atoms with Crippen molar-refractivity contribution in [3.8, 4) is 0 Å². The number of halogens is 1. The molecule has 3 N–H and O–H groups in total. The number of carboxylic acid groups (broad SMARTS) is 1. The summed E-state index contributed by atoms with van der Waals surface area (Å²) in [4.78, 5) is 23.4. The van der Waals surface area contributed by atoms with Crippen LogP contribution in [0.2, 0.25) is 0 Å². The molecule has 0 spiro atoms. The first-order valence-electron chi connectivity index (χ1n) is 11.3. The Morgan fingerprint density at radius 3 is 2.22 bits per heavy atom. The average molecular weight is 445 g/mol. The third-order valence-electron chi connectivity index (χ3n) is 6.84. The minimum absolute atomic E-state index is 0.0731. The molecule has 0 atom stereocenters. The van der Waals surface area contributed by atoms with Gasteiger partial charge in [0.2, 0.25) is 0 Å². The molecule has 4 rings (SSSR count). The van der Waals surface area contributed by atoms with Crippen molar-refractivity contribution in [2.75, 3.05) is 5.32 Å². The van der Waals surface area contributed by atoms with Crippen LogP contribution >= 0.6 is 0 Å². The van der Waals surface area contributed by atoms with Gasteiger partial charge in [-0.2, -0.15) is 0 Å². The zero-order valence-electron chi connectivity index (χ0n) is 17.9. The first-order valence-corrected chi connectivity index (χ1v) is 11.3. The number of aromatic nitrogens is 2. The van der Waals surface area contributed by atoms with Crippen LogP contribution in [0.3, 0.4) is 0 Å². The third-order valence-corrected chi connectivity index (χ3v) is 6.84. The quantitative estimate of drug-likeness (QED) is 0.575. The monoisotopic (exact) mass is 444 g/mol. The van der Waals surface area contributed by atoms with E-state index < -0.39 is 5.97 Å². The minimum atomic E-state index is -0.690. The Morgan fingerprint density at radius 2 is 1.59 bits per heavy atom. The van der Waals surface area contributed by atoms with E-state index in [2.05, 4.69) is 20.8 Å². The van der Waals surface area contributed by atoms with Crippen molar-refractivity contribution in [2.24, 2.45) is 17.8 Å². The first kappa shape index (κ1) is 22.2. The SMILES string of the molecule is O=C(O)CC1CCC(C2CCC(NC(=O)c3nnc(Nc4ccc(F)cc4)o3)CC2)CC1. The number of carbonyl (C=O) groups excluding carboxylic acids is 1. The highest BCUT2D eigenvalue weighted by Gasteiger charge is 2.32. The van der Waals surface area contributed by atoms with E-state index >= 15 is 0 Å². The van der Waals surface area contributed by atoms with Gasteiger partial charge in [0.05, 0.1) is 0 Å². The summed E-state index contributed by atoms with van der Waals surface area (Å²) in [6, 6.07) is 5.85. The van der Waals surface area contributed by atoms with Crippen LogP contribution in [0.25, 0.3) is 0 Å². The lowest BCUT2D eigenvalue weighted by atomic mass is 9.70. The van der Waals surface area contributed by atoms with Crippen molar-refractivity contribution < 1.29 is 23.5 Å². The van der Waals surface area contributed by atoms with Crippen LogP contribution in [0.15, 0.2) is 28.7 Å². The largest absolute Gasteiger partial charge is 0.481 e. The van der Waals surface area contributed by atoms with E-state index in [9.17, 15) is 14.0 Å². The van der Waals surface area contributed by atoms with E-state index in [4.69, 9.17) is 9.52 Å². The number of nitrogens with zero attached hydrogens (tertiary/aromatic N) is 2. The van der Waals surface area contributed by atoms with Crippen LogP contribution in [-0.4, -0.2) is 33.2 Å². The summed E-state index contributed by atoms with van der Waals surface area (Å²) in [6.07, 6.45) is 8.53. The van der Waals surface area contributed by atoms with Crippen molar-refractivity contribution in [1.82, 2.24) is 15.5 Å². The second kappa shape index (κ2) is 10.1. The molecule has 32 heavy (non-hydrogen) atoms. The number of amides is 1. The lowest BCUT2D eigenvalue weighted by Crippen LogP contribution is -2.39. The standard InChI is InChI=1S/C23H29FN4O4/c24-17-7-11-19(12-8-17)26-23-28-27-22(32-23)21(31)25-18-9-5-16(6-10-18)15-3-1-14(2-4-15)13-20(29)30/h7-8,11-12,14-16,18H,1-6,9-10,13H2,(H,25,31)(H,26,28)(H,29,30). The molecule has 2 aliphatic carbocycles. The maximum Gasteiger partial charge on any atom is 0.320 e. The zero-order chi connectivity index (χ0) is 22.5. The Bertz CT molecular complexity index is 916. The Hall–Kier alpha value is -2.97. The summed E-state index contributed by atoms with van der Waals surface area (Å²) >= 11 is 0. The van der Waals surface area contributed by atoms with E-state index in [0.29, 0.717) is 29.9 Å². The van der Waals surface area contributed by atoms with Gasteiger partial charge in [0.1, 0.15) is 5.82 Å². The van der Waals surface area contributed by atoms with Crippen LogP contribution in [0.1, 0.15) is 68.5 Å². The van der Waals surface area contributed by atoms with Gasteiger partial charge in [-0.15, -0.1) is 5.10 Å². The average Bonchev–Trinajstić information content (AvgIpc) is 3.25. The number of aliphatic carboxylic acids is 1. The van der Waals surface area contributed by atoms with Gasteiger partial charge in [0.15, 0.2) is 0 Å². The van der Waals surface area contributed by atoms with Gasteiger partial charge < -0.3 is 20.2 Å². The van der Waals surface area contributed by atoms with Crippen LogP contribution in [0, 0.1) is 23.6 Å². The second-order valence-corrected chi connectivity index (χ2v) is 9.01. The van der Waals surface area contributed by atoms with Gasteiger partial charge in [-0.1, -0.05) is 5.10 Å². The number of nitrogens with one attached hydrogen (secondary N) is 2. The van der Waals surface area contributed by atoms with Gasteiger partial charge in [-0.05, 0) is 93.4 Å². The van der Waals surface area contributed by atoms with Crippen molar-refractivity contribution >= 4 is 23.6 Å². The maximum absolute atomic E-state index is 13.0. The summed E-state index contributed by atoms with van der Waals surface area (Å²) < 4.78 is 18.4. The molecule has 2 saturated carbocycles. The van der Waals surface area contributed by atoms with Crippen molar-refractivity contribution in [3.05, 3.63) is 36.0 Å². The number of hydrogen-bond acceptors (Lipinski definition) is 6. The van der Waals surface area contributed by atoms with E-state index in [1.54, 1.807) is 0 Å². The Balaban J connectivity index is 1.21.